The van der Waals surface area contributed by atoms with Gasteiger partial charge in [-0.1, -0.05) is 31.5 Å². The van der Waals surface area contributed by atoms with Crippen molar-refractivity contribution in [3.63, 3.8) is 0 Å². The van der Waals surface area contributed by atoms with Gasteiger partial charge in [-0.2, -0.15) is 0 Å². The van der Waals surface area contributed by atoms with Gasteiger partial charge in [0.05, 0.1) is 26.6 Å². The zero-order chi connectivity index (χ0) is 12.8. The lowest BCUT2D eigenvalue weighted by atomic mass is 9.71. The van der Waals surface area contributed by atoms with E-state index in [0.29, 0.717) is 17.4 Å². The number of hydrogen-bond donors (Lipinski definition) is 0. The second kappa shape index (κ2) is 4.83. The van der Waals surface area contributed by atoms with E-state index in [-0.39, 0.29) is 0 Å². The van der Waals surface area contributed by atoms with Crippen molar-refractivity contribution in [2.45, 2.75) is 75.8 Å². The zero-order valence-corrected chi connectivity index (χ0v) is 11.9. The molecular formula is C15H26BNO. The molecule has 2 saturated heterocycles. The number of likely N-dealkylation sites (tertiary alicyclic amines) is 1. The van der Waals surface area contributed by atoms with Crippen LogP contribution < -0.4 is 0 Å². The Bertz CT molecular complexity index is 303. The van der Waals surface area contributed by atoms with Crippen molar-refractivity contribution in [3.05, 3.63) is 0 Å². The lowest BCUT2D eigenvalue weighted by Crippen LogP contribution is -2.62. The van der Waals surface area contributed by atoms with Crippen LogP contribution in [-0.4, -0.2) is 43.6 Å². The smallest absolute Gasteiger partial charge is 0.0699 e. The van der Waals surface area contributed by atoms with Gasteiger partial charge in [0, 0.05) is 12.1 Å². The molecule has 2 heterocycles. The summed E-state index contributed by atoms with van der Waals surface area (Å²) in [7, 11) is 6.28. The Morgan fingerprint density at radius 2 is 1.94 bits per heavy atom. The SMILES string of the molecule is [B]C1CCCCC2C(C1)CC1(COC1)N2C(C)C. The van der Waals surface area contributed by atoms with Crippen LogP contribution in [0.15, 0.2) is 0 Å². The summed E-state index contributed by atoms with van der Waals surface area (Å²) in [4.78, 5) is 2.79. The Hall–Kier alpha value is -0.0151. The molecule has 2 radical (unpaired) electrons. The first kappa shape index (κ1) is 13.0. The summed E-state index contributed by atoms with van der Waals surface area (Å²) in [6.45, 7) is 6.60. The average Bonchev–Trinajstić information content (AvgIpc) is 2.55. The molecular weight excluding hydrogens is 221 g/mol. The summed E-state index contributed by atoms with van der Waals surface area (Å²) in [5.41, 5.74) is 0.369. The van der Waals surface area contributed by atoms with Crippen LogP contribution in [-0.2, 0) is 4.74 Å². The van der Waals surface area contributed by atoms with Gasteiger partial charge in [0.15, 0.2) is 0 Å². The number of ether oxygens (including phenoxy) is 1. The minimum absolute atomic E-state index is 0.369. The Morgan fingerprint density at radius 1 is 1.22 bits per heavy atom. The van der Waals surface area contributed by atoms with Gasteiger partial charge in [-0.3, -0.25) is 4.90 Å². The molecule has 0 aromatic carbocycles. The maximum absolute atomic E-state index is 6.28. The van der Waals surface area contributed by atoms with Crippen LogP contribution in [0.1, 0.15) is 52.4 Å². The van der Waals surface area contributed by atoms with Crippen LogP contribution in [0.5, 0.6) is 0 Å². The molecule has 100 valence electrons. The highest BCUT2D eigenvalue weighted by molar-refractivity contribution is 6.11. The summed E-state index contributed by atoms with van der Waals surface area (Å²) >= 11 is 0. The Morgan fingerprint density at radius 3 is 2.56 bits per heavy atom. The van der Waals surface area contributed by atoms with Crippen molar-refractivity contribution in [2.24, 2.45) is 5.92 Å². The largest absolute Gasteiger partial charge is 0.377 e. The van der Waals surface area contributed by atoms with Gasteiger partial charge >= 0.3 is 0 Å². The molecule has 1 saturated carbocycles. The molecule has 0 aromatic rings. The highest BCUT2D eigenvalue weighted by atomic mass is 16.5. The van der Waals surface area contributed by atoms with Crippen LogP contribution in [0.25, 0.3) is 0 Å². The van der Waals surface area contributed by atoms with Gasteiger partial charge in [0.25, 0.3) is 0 Å². The van der Waals surface area contributed by atoms with E-state index in [4.69, 9.17) is 12.6 Å². The van der Waals surface area contributed by atoms with Crippen molar-refractivity contribution in [3.8, 4) is 0 Å². The van der Waals surface area contributed by atoms with Crippen LogP contribution in [0.4, 0.5) is 0 Å². The Labute approximate surface area is 113 Å². The standard InChI is InChI=1S/C15H26BNO/c1-11(2)17-14-6-4-3-5-13(16)7-12(14)8-15(17)9-18-10-15/h11-14H,3-10H2,1-2H3. The third kappa shape index (κ3) is 2.04. The molecule has 0 aromatic heterocycles. The Kier molecular flexibility index (Phi) is 3.48. The molecule has 0 amide bonds. The molecule has 3 aliphatic rings. The van der Waals surface area contributed by atoms with Crippen molar-refractivity contribution in [1.82, 2.24) is 4.90 Å². The van der Waals surface area contributed by atoms with E-state index in [2.05, 4.69) is 18.7 Å². The number of nitrogens with zero attached hydrogens (tertiary/aromatic N) is 1. The fourth-order valence-electron chi connectivity index (χ4n) is 4.73. The van der Waals surface area contributed by atoms with Gasteiger partial charge in [-0.15, -0.1) is 0 Å². The van der Waals surface area contributed by atoms with Crippen molar-refractivity contribution in [1.29, 1.82) is 0 Å². The van der Waals surface area contributed by atoms with Gasteiger partial charge in [0.1, 0.15) is 0 Å². The summed E-state index contributed by atoms with van der Waals surface area (Å²) in [6, 6.07) is 1.40. The molecule has 18 heavy (non-hydrogen) atoms. The maximum Gasteiger partial charge on any atom is 0.0699 e. The molecule has 3 fully saturated rings. The molecule has 0 bridgehead atoms. The molecule has 1 aliphatic carbocycles. The van der Waals surface area contributed by atoms with Crippen LogP contribution in [0, 0.1) is 5.92 Å². The lowest BCUT2D eigenvalue weighted by molar-refractivity contribution is -0.141. The van der Waals surface area contributed by atoms with E-state index in [1.165, 1.54) is 38.5 Å². The molecule has 0 N–H and O–H groups in total. The van der Waals surface area contributed by atoms with Crippen LogP contribution >= 0.6 is 0 Å². The minimum Gasteiger partial charge on any atom is -0.377 e. The fourth-order valence-corrected chi connectivity index (χ4v) is 4.73. The maximum atomic E-state index is 6.28. The molecule has 2 aliphatic heterocycles. The molecule has 3 atom stereocenters. The van der Waals surface area contributed by atoms with Crippen molar-refractivity contribution < 1.29 is 4.74 Å². The normalized spacial score (nSPS) is 40.3. The third-order valence-corrected chi connectivity index (χ3v) is 5.32. The molecule has 3 heteroatoms. The number of rotatable bonds is 1. The van der Waals surface area contributed by atoms with Gasteiger partial charge in [0.2, 0.25) is 0 Å². The first-order valence-electron chi connectivity index (χ1n) is 7.74. The van der Waals surface area contributed by atoms with Gasteiger partial charge < -0.3 is 4.74 Å². The molecule has 2 nitrogen and oxygen atoms in total. The minimum atomic E-state index is 0.369. The summed E-state index contributed by atoms with van der Waals surface area (Å²) in [5.74, 6) is 1.24. The van der Waals surface area contributed by atoms with Crippen LogP contribution in [0.3, 0.4) is 0 Å². The highest BCUT2D eigenvalue weighted by Crippen LogP contribution is 2.49. The zero-order valence-electron chi connectivity index (χ0n) is 11.9. The second-order valence-electron chi connectivity index (χ2n) is 7.03. The first-order valence-corrected chi connectivity index (χ1v) is 7.74. The number of fused-ring (bicyclic) bond motifs is 1. The highest BCUT2D eigenvalue weighted by Gasteiger charge is 2.56. The third-order valence-electron chi connectivity index (χ3n) is 5.32. The van der Waals surface area contributed by atoms with Crippen molar-refractivity contribution >= 4 is 7.85 Å². The molecule has 3 unspecified atom stereocenters. The molecule has 3 rings (SSSR count). The number of hydrogen-bond acceptors (Lipinski definition) is 2. The van der Waals surface area contributed by atoms with E-state index >= 15 is 0 Å². The van der Waals surface area contributed by atoms with E-state index < -0.39 is 0 Å². The molecule has 1 spiro atoms. The topological polar surface area (TPSA) is 12.5 Å². The predicted molar refractivity (Wildman–Crippen MR) is 75.0 cm³/mol. The second-order valence-corrected chi connectivity index (χ2v) is 7.03. The fraction of sp³-hybridized carbons (Fsp3) is 1.00. The quantitative estimate of drug-likeness (QED) is 0.660. The predicted octanol–water partition coefficient (Wildman–Crippen LogP) is 2.78. The first-order chi connectivity index (χ1) is 8.62. The van der Waals surface area contributed by atoms with E-state index in [9.17, 15) is 0 Å². The summed E-state index contributed by atoms with van der Waals surface area (Å²) in [6.07, 6.45) is 7.83. The van der Waals surface area contributed by atoms with E-state index in [1.54, 1.807) is 0 Å². The summed E-state index contributed by atoms with van der Waals surface area (Å²) < 4.78 is 5.56. The van der Waals surface area contributed by atoms with E-state index in [0.717, 1.165) is 25.2 Å². The van der Waals surface area contributed by atoms with E-state index in [1.807, 2.05) is 0 Å². The van der Waals surface area contributed by atoms with Crippen molar-refractivity contribution in [2.75, 3.05) is 13.2 Å². The summed E-state index contributed by atoms with van der Waals surface area (Å²) in [5, 5.41) is 0. The van der Waals surface area contributed by atoms with Gasteiger partial charge in [-0.05, 0) is 32.6 Å². The average molecular weight is 247 g/mol. The Balaban J connectivity index is 1.82. The van der Waals surface area contributed by atoms with Crippen LogP contribution in [0.2, 0.25) is 5.82 Å². The van der Waals surface area contributed by atoms with Gasteiger partial charge in [-0.25, -0.2) is 0 Å². The lowest BCUT2D eigenvalue weighted by Gasteiger charge is -2.49. The monoisotopic (exact) mass is 247 g/mol.